The van der Waals surface area contributed by atoms with E-state index in [-0.39, 0.29) is 18.2 Å². The predicted molar refractivity (Wildman–Crippen MR) is 118 cm³/mol. The van der Waals surface area contributed by atoms with Crippen LogP contribution in [0.15, 0.2) is 52.1 Å². The lowest BCUT2D eigenvalue weighted by Gasteiger charge is -2.18. The molecule has 3 aromatic rings. The molecule has 0 aliphatic carbocycles. The first-order valence-corrected chi connectivity index (χ1v) is 10.3. The standard InChI is InChI=1S/C22H22ClF3N4O2/c1-4-15-10-14(8-9-18(15)23)12-29-19(28-20(31)30(13(2)3)21(29)32)27-17-7-5-6-16(11-17)22(24,25)26/h5-11,13H,4,12H2,1-3H3,(H,27,28,31). The second kappa shape index (κ2) is 9.20. The van der Waals surface area contributed by atoms with Crippen molar-refractivity contribution in [3.05, 3.63) is 85.1 Å². The molecular formula is C22H22ClF3N4O2. The van der Waals surface area contributed by atoms with Gasteiger partial charge in [-0.2, -0.15) is 18.2 Å². The van der Waals surface area contributed by atoms with Crippen molar-refractivity contribution in [3.63, 3.8) is 0 Å². The van der Waals surface area contributed by atoms with Crippen LogP contribution < -0.4 is 16.7 Å². The summed E-state index contributed by atoms with van der Waals surface area (Å²) in [5, 5.41) is 3.30. The second-order valence-electron chi connectivity index (χ2n) is 7.53. The van der Waals surface area contributed by atoms with E-state index in [4.69, 9.17) is 11.6 Å². The zero-order valence-electron chi connectivity index (χ0n) is 17.7. The molecule has 0 aliphatic heterocycles. The zero-order valence-corrected chi connectivity index (χ0v) is 18.5. The van der Waals surface area contributed by atoms with Gasteiger partial charge in [0.1, 0.15) is 0 Å². The normalized spacial score (nSPS) is 11.8. The van der Waals surface area contributed by atoms with Crippen LogP contribution in [0.2, 0.25) is 5.02 Å². The van der Waals surface area contributed by atoms with E-state index in [1.54, 1.807) is 26.0 Å². The zero-order chi connectivity index (χ0) is 23.6. The molecule has 3 rings (SSSR count). The van der Waals surface area contributed by atoms with Crippen LogP contribution in [0.25, 0.3) is 0 Å². The highest BCUT2D eigenvalue weighted by Crippen LogP contribution is 2.31. The van der Waals surface area contributed by atoms with Crippen LogP contribution in [-0.4, -0.2) is 14.1 Å². The fourth-order valence-corrected chi connectivity index (χ4v) is 3.52. The number of benzene rings is 2. The molecule has 0 spiro atoms. The summed E-state index contributed by atoms with van der Waals surface area (Å²) in [6, 6.07) is 9.30. The summed E-state index contributed by atoms with van der Waals surface area (Å²) in [7, 11) is 0. The second-order valence-corrected chi connectivity index (χ2v) is 7.94. The molecule has 0 amide bonds. The molecule has 1 N–H and O–H groups in total. The lowest BCUT2D eigenvalue weighted by molar-refractivity contribution is -0.137. The summed E-state index contributed by atoms with van der Waals surface area (Å²) in [5.74, 6) is -0.149. The Morgan fingerprint density at radius 1 is 1.12 bits per heavy atom. The number of aromatic nitrogens is 3. The molecule has 0 radical (unpaired) electrons. The largest absolute Gasteiger partial charge is 0.416 e. The van der Waals surface area contributed by atoms with Crippen LogP contribution in [0.1, 0.15) is 43.5 Å². The Morgan fingerprint density at radius 3 is 2.47 bits per heavy atom. The topological polar surface area (TPSA) is 68.9 Å². The first-order valence-electron chi connectivity index (χ1n) is 9.96. The van der Waals surface area contributed by atoms with E-state index in [0.29, 0.717) is 11.4 Å². The fraction of sp³-hybridized carbons (Fsp3) is 0.318. The van der Waals surface area contributed by atoms with E-state index in [9.17, 15) is 22.8 Å². The first-order chi connectivity index (χ1) is 15.0. The van der Waals surface area contributed by atoms with Crippen LogP contribution in [-0.2, 0) is 19.1 Å². The summed E-state index contributed by atoms with van der Waals surface area (Å²) < 4.78 is 41.5. The molecule has 0 saturated heterocycles. The van der Waals surface area contributed by atoms with E-state index in [0.717, 1.165) is 27.8 Å². The van der Waals surface area contributed by atoms with E-state index < -0.39 is 29.2 Å². The highest BCUT2D eigenvalue weighted by molar-refractivity contribution is 6.31. The van der Waals surface area contributed by atoms with E-state index >= 15 is 0 Å². The molecule has 0 fully saturated rings. The van der Waals surface area contributed by atoms with Gasteiger partial charge in [0.05, 0.1) is 12.1 Å². The molecule has 0 saturated carbocycles. The molecule has 1 heterocycles. The average Bonchev–Trinajstić information content (AvgIpc) is 2.71. The van der Waals surface area contributed by atoms with Gasteiger partial charge in [-0.15, -0.1) is 0 Å². The number of halogens is 4. The third-order valence-corrected chi connectivity index (χ3v) is 5.26. The number of nitrogens with zero attached hydrogens (tertiary/aromatic N) is 3. The van der Waals surface area contributed by atoms with Crippen LogP contribution in [0, 0.1) is 0 Å². The molecule has 170 valence electrons. The molecule has 2 aromatic carbocycles. The quantitative estimate of drug-likeness (QED) is 0.554. The van der Waals surface area contributed by atoms with Gasteiger partial charge in [-0.1, -0.05) is 36.7 Å². The average molecular weight is 467 g/mol. The van der Waals surface area contributed by atoms with Crippen LogP contribution in [0.5, 0.6) is 0 Å². The monoisotopic (exact) mass is 466 g/mol. The molecule has 10 heteroatoms. The third-order valence-electron chi connectivity index (χ3n) is 4.89. The van der Waals surface area contributed by atoms with E-state index in [1.807, 2.05) is 13.0 Å². The van der Waals surface area contributed by atoms with Crippen LogP contribution >= 0.6 is 11.6 Å². The maximum atomic E-state index is 13.1. The molecule has 0 bridgehead atoms. The first kappa shape index (κ1) is 23.6. The van der Waals surface area contributed by atoms with Gasteiger partial charge >= 0.3 is 17.6 Å². The van der Waals surface area contributed by atoms with Crippen molar-refractivity contribution in [2.45, 2.75) is 46.0 Å². The summed E-state index contributed by atoms with van der Waals surface area (Å²) in [6.07, 6.45) is -3.85. The molecular weight excluding hydrogens is 445 g/mol. The minimum Gasteiger partial charge on any atom is -0.325 e. The lowest BCUT2D eigenvalue weighted by Crippen LogP contribution is -2.43. The number of hydrogen-bond donors (Lipinski definition) is 1. The number of anilines is 2. The molecule has 0 unspecified atom stereocenters. The number of rotatable bonds is 6. The van der Waals surface area contributed by atoms with Crippen molar-refractivity contribution in [1.82, 2.24) is 14.1 Å². The summed E-state index contributed by atoms with van der Waals surface area (Å²) >= 11 is 6.18. The summed E-state index contributed by atoms with van der Waals surface area (Å²) in [6.45, 7) is 5.33. The Morgan fingerprint density at radius 2 is 1.84 bits per heavy atom. The molecule has 6 nitrogen and oxygen atoms in total. The van der Waals surface area contributed by atoms with Crippen molar-refractivity contribution in [3.8, 4) is 0 Å². The fourth-order valence-electron chi connectivity index (χ4n) is 3.27. The predicted octanol–water partition coefficient (Wildman–Crippen LogP) is 5.01. The molecule has 32 heavy (non-hydrogen) atoms. The van der Waals surface area contributed by atoms with Crippen LogP contribution in [0.4, 0.5) is 24.8 Å². The van der Waals surface area contributed by atoms with Gasteiger partial charge in [0.25, 0.3) is 0 Å². The Bertz CT molecular complexity index is 1250. The van der Waals surface area contributed by atoms with Gasteiger partial charge in [-0.3, -0.25) is 4.57 Å². The van der Waals surface area contributed by atoms with Gasteiger partial charge in [0, 0.05) is 16.8 Å². The van der Waals surface area contributed by atoms with Gasteiger partial charge in [-0.05, 0) is 55.7 Å². The van der Waals surface area contributed by atoms with Crippen molar-refractivity contribution in [2.75, 3.05) is 5.32 Å². The molecule has 0 aliphatic rings. The van der Waals surface area contributed by atoms with E-state index in [2.05, 4.69) is 10.3 Å². The number of nitrogens with one attached hydrogen (secondary N) is 1. The smallest absolute Gasteiger partial charge is 0.325 e. The van der Waals surface area contributed by atoms with E-state index in [1.165, 1.54) is 16.7 Å². The van der Waals surface area contributed by atoms with Gasteiger partial charge in [0.2, 0.25) is 5.95 Å². The van der Waals surface area contributed by atoms with Crippen molar-refractivity contribution >= 4 is 23.2 Å². The third kappa shape index (κ3) is 5.04. The number of alkyl halides is 3. The molecule has 1 aromatic heterocycles. The lowest BCUT2D eigenvalue weighted by atomic mass is 10.1. The van der Waals surface area contributed by atoms with Crippen molar-refractivity contribution in [1.29, 1.82) is 0 Å². The Kier molecular flexibility index (Phi) is 6.78. The SMILES string of the molecule is CCc1cc(Cn2c(Nc3cccc(C(F)(F)F)c3)nc(=O)n(C(C)C)c2=O)ccc1Cl. The Labute approximate surface area is 187 Å². The Balaban J connectivity index is 2.12. The maximum absolute atomic E-state index is 13.1. The number of aryl methyl sites for hydroxylation is 1. The minimum absolute atomic E-state index is 0.0459. The van der Waals surface area contributed by atoms with Crippen molar-refractivity contribution in [2.24, 2.45) is 0 Å². The van der Waals surface area contributed by atoms with Crippen molar-refractivity contribution < 1.29 is 13.2 Å². The van der Waals surface area contributed by atoms with Gasteiger partial charge in [-0.25, -0.2) is 14.2 Å². The van der Waals surface area contributed by atoms with Crippen LogP contribution in [0.3, 0.4) is 0 Å². The molecule has 0 atom stereocenters. The van der Waals surface area contributed by atoms with Gasteiger partial charge < -0.3 is 5.32 Å². The number of hydrogen-bond acceptors (Lipinski definition) is 4. The van der Waals surface area contributed by atoms with Gasteiger partial charge in [0.15, 0.2) is 0 Å². The summed E-state index contributed by atoms with van der Waals surface area (Å²) in [4.78, 5) is 29.6. The maximum Gasteiger partial charge on any atom is 0.416 e. The highest BCUT2D eigenvalue weighted by Gasteiger charge is 2.30. The highest BCUT2D eigenvalue weighted by atomic mass is 35.5. The summed E-state index contributed by atoms with van der Waals surface area (Å²) in [5.41, 5.74) is -0.612. The Hall–Kier alpha value is -3.07. The minimum atomic E-state index is -4.54.